The molecule has 3 aromatic rings. The predicted molar refractivity (Wildman–Crippen MR) is 148 cm³/mol. The van der Waals surface area contributed by atoms with E-state index in [4.69, 9.17) is 9.72 Å². The van der Waals surface area contributed by atoms with Gasteiger partial charge in [0.05, 0.1) is 24.7 Å². The zero-order valence-electron chi connectivity index (χ0n) is 21.3. The van der Waals surface area contributed by atoms with Crippen LogP contribution >= 0.6 is 15.9 Å². The fourth-order valence-corrected chi connectivity index (χ4v) is 6.37. The molecular weight excluding hydrogens is 532 g/mol. The Morgan fingerprint density at radius 3 is 2.76 bits per heavy atom. The second kappa shape index (κ2) is 11.5. The van der Waals surface area contributed by atoms with E-state index >= 15 is 0 Å². The number of ether oxygens (including phenoxy) is 1. The number of amides is 1. The Kier molecular flexibility index (Phi) is 8.09. The van der Waals surface area contributed by atoms with E-state index in [9.17, 15) is 9.90 Å². The summed E-state index contributed by atoms with van der Waals surface area (Å²) in [5.41, 5.74) is 2.30. The van der Waals surface area contributed by atoms with Crippen molar-refractivity contribution in [1.82, 2.24) is 19.8 Å². The van der Waals surface area contributed by atoms with E-state index < -0.39 is 5.60 Å². The van der Waals surface area contributed by atoms with Crippen molar-refractivity contribution in [3.05, 3.63) is 76.7 Å². The molecule has 2 N–H and O–H groups in total. The number of halogens is 1. The summed E-state index contributed by atoms with van der Waals surface area (Å²) in [6, 6.07) is 17.9. The maximum atomic E-state index is 14.2. The Morgan fingerprint density at radius 1 is 1.19 bits per heavy atom. The van der Waals surface area contributed by atoms with E-state index in [0.29, 0.717) is 18.7 Å². The lowest BCUT2D eigenvalue weighted by atomic mass is 9.80. The number of rotatable bonds is 7. The molecule has 1 aliphatic heterocycles. The SMILES string of the molecule is COC[C@]1(O)CCCC[C@H]1n1cnc(C(=O)N2CCNC[C@H]2Cc2ccccc2Br)c1-c1ccccc1. The third-order valence-electron chi connectivity index (χ3n) is 7.76. The molecule has 0 unspecified atom stereocenters. The lowest BCUT2D eigenvalue weighted by molar-refractivity contribution is -0.0893. The number of benzene rings is 2. The van der Waals surface area contributed by atoms with E-state index in [1.54, 1.807) is 13.4 Å². The average Bonchev–Trinajstić information content (AvgIpc) is 3.35. The van der Waals surface area contributed by atoms with Gasteiger partial charge in [0, 0.05) is 42.8 Å². The summed E-state index contributed by atoms with van der Waals surface area (Å²) in [7, 11) is 1.63. The smallest absolute Gasteiger partial charge is 0.275 e. The number of hydrogen-bond acceptors (Lipinski definition) is 5. The summed E-state index contributed by atoms with van der Waals surface area (Å²) < 4.78 is 8.53. The largest absolute Gasteiger partial charge is 0.385 e. The Balaban J connectivity index is 1.53. The van der Waals surface area contributed by atoms with Gasteiger partial charge >= 0.3 is 0 Å². The first-order chi connectivity index (χ1) is 18.0. The number of methoxy groups -OCH3 is 1. The minimum Gasteiger partial charge on any atom is -0.385 e. The van der Waals surface area contributed by atoms with E-state index in [-0.39, 0.29) is 24.6 Å². The van der Waals surface area contributed by atoms with Crippen molar-refractivity contribution >= 4 is 21.8 Å². The van der Waals surface area contributed by atoms with E-state index in [1.165, 1.54) is 5.56 Å². The molecule has 1 saturated carbocycles. The van der Waals surface area contributed by atoms with Gasteiger partial charge in [0.2, 0.25) is 0 Å². The van der Waals surface area contributed by atoms with E-state index in [1.807, 2.05) is 58.0 Å². The van der Waals surface area contributed by atoms with Crippen molar-refractivity contribution in [2.75, 3.05) is 33.4 Å². The fraction of sp³-hybridized carbons (Fsp3) is 0.448. The number of carbonyl (C=O) groups is 1. The minimum absolute atomic E-state index is 0.00817. The summed E-state index contributed by atoms with van der Waals surface area (Å²) in [5, 5.41) is 15.1. The average molecular weight is 568 g/mol. The van der Waals surface area contributed by atoms with Gasteiger partial charge in [-0.2, -0.15) is 0 Å². The molecule has 1 aromatic heterocycles. The van der Waals surface area contributed by atoms with Crippen LogP contribution in [0.25, 0.3) is 11.3 Å². The monoisotopic (exact) mass is 566 g/mol. The first-order valence-electron chi connectivity index (χ1n) is 13.1. The van der Waals surface area contributed by atoms with E-state index in [2.05, 4.69) is 27.3 Å². The molecule has 2 aromatic carbocycles. The summed E-state index contributed by atoms with van der Waals surface area (Å²) >= 11 is 3.66. The third-order valence-corrected chi connectivity index (χ3v) is 8.53. The number of aliphatic hydroxyl groups is 1. The molecule has 0 bridgehead atoms. The van der Waals surface area contributed by atoms with Gasteiger partial charge < -0.3 is 24.6 Å². The highest BCUT2D eigenvalue weighted by Crippen LogP contribution is 2.41. The van der Waals surface area contributed by atoms with Crippen molar-refractivity contribution in [3.63, 3.8) is 0 Å². The molecule has 3 atom stereocenters. The van der Waals surface area contributed by atoms with Crippen molar-refractivity contribution < 1.29 is 14.6 Å². The van der Waals surface area contributed by atoms with Crippen LogP contribution in [0.2, 0.25) is 0 Å². The highest BCUT2D eigenvalue weighted by atomic mass is 79.9. The maximum Gasteiger partial charge on any atom is 0.275 e. The molecular formula is C29H35BrN4O3. The summed E-state index contributed by atoms with van der Waals surface area (Å²) in [6.45, 7) is 2.34. The maximum absolute atomic E-state index is 14.2. The lowest BCUT2D eigenvalue weighted by Gasteiger charge is -2.41. The van der Waals surface area contributed by atoms with Gasteiger partial charge in [-0.1, -0.05) is 77.3 Å². The molecule has 2 heterocycles. The zero-order valence-corrected chi connectivity index (χ0v) is 22.9. The number of aromatic nitrogens is 2. The van der Waals surface area contributed by atoms with Crippen LogP contribution in [0.15, 0.2) is 65.4 Å². The number of nitrogens with one attached hydrogen (secondary N) is 1. The molecule has 1 aliphatic carbocycles. The topological polar surface area (TPSA) is 79.6 Å². The fourth-order valence-electron chi connectivity index (χ4n) is 5.92. The van der Waals surface area contributed by atoms with Crippen molar-refractivity contribution in [2.45, 2.75) is 49.8 Å². The van der Waals surface area contributed by atoms with Crippen LogP contribution < -0.4 is 5.32 Å². The second-order valence-electron chi connectivity index (χ2n) is 10.2. The Morgan fingerprint density at radius 2 is 1.97 bits per heavy atom. The first kappa shape index (κ1) is 26.1. The lowest BCUT2D eigenvalue weighted by Crippen LogP contribution is -2.54. The first-order valence-corrected chi connectivity index (χ1v) is 13.9. The van der Waals surface area contributed by atoms with Crippen molar-refractivity contribution in [3.8, 4) is 11.3 Å². The molecule has 1 saturated heterocycles. The van der Waals surface area contributed by atoms with E-state index in [0.717, 1.165) is 54.5 Å². The normalized spacial score (nSPS) is 24.2. The Labute approximate surface area is 227 Å². The number of hydrogen-bond donors (Lipinski definition) is 2. The summed E-state index contributed by atoms with van der Waals surface area (Å²) in [6.07, 6.45) is 5.93. The van der Waals surface area contributed by atoms with Crippen LogP contribution in [0.3, 0.4) is 0 Å². The minimum atomic E-state index is -1.01. The molecule has 1 amide bonds. The van der Waals surface area contributed by atoms with Crippen LogP contribution in [0.4, 0.5) is 0 Å². The van der Waals surface area contributed by atoms with Crippen molar-refractivity contribution in [2.24, 2.45) is 0 Å². The predicted octanol–water partition coefficient (Wildman–Crippen LogP) is 4.46. The van der Waals surface area contributed by atoms with Gasteiger partial charge in [-0.15, -0.1) is 0 Å². The van der Waals surface area contributed by atoms with Gasteiger partial charge in [0.25, 0.3) is 5.91 Å². The third kappa shape index (κ3) is 5.39. The Bertz CT molecular complexity index is 1210. The quantitative estimate of drug-likeness (QED) is 0.441. The summed E-state index contributed by atoms with van der Waals surface area (Å²) in [5.74, 6) is -0.0674. The highest BCUT2D eigenvalue weighted by Gasteiger charge is 2.42. The van der Waals surface area contributed by atoms with Crippen LogP contribution in [0, 0.1) is 0 Å². The van der Waals surface area contributed by atoms with Gasteiger partial charge in [-0.25, -0.2) is 4.98 Å². The Hall–Kier alpha value is -2.52. The van der Waals surface area contributed by atoms with Crippen LogP contribution in [-0.2, 0) is 11.2 Å². The van der Waals surface area contributed by atoms with Crippen LogP contribution in [0.1, 0.15) is 47.8 Å². The summed E-state index contributed by atoms with van der Waals surface area (Å²) in [4.78, 5) is 20.9. The standard InChI is InChI=1S/C29H35BrN4O3/c1-37-19-29(36)14-8-7-13-25(29)34-20-32-26(27(34)21-9-3-2-4-10-21)28(35)33-16-15-31-18-23(33)17-22-11-5-6-12-24(22)30/h2-6,9-12,20,23,25,31,36H,7-8,13-19H2,1H3/t23-,25-,29-/m1/s1. The number of piperazine rings is 1. The number of nitrogens with zero attached hydrogens (tertiary/aromatic N) is 3. The molecule has 2 aliphatic rings. The molecule has 8 heteroatoms. The second-order valence-corrected chi connectivity index (χ2v) is 11.0. The number of carbonyl (C=O) groups excluding carboxylic acids is 1. The zero-order chi connectivity index (χ0) is 25.8. The highest BCUT2D eigenvalue weighted by molar-refractivity contribution is 9.10. The molecule has 196 valence electrons. The molecule has 0 radical (unpaired) electrons. The molecule has 2 fully saturated rings. The molecule has 0 spiro atoms. The van der Waals surface area contributed by atoms with Crippen LogP contribution in [-0.4, -0.2) is 70.5 Å². The van der Waals surface area contributed by atoms with Crippen molar-refractivity contribution in [1.29, 1.82) is 0 Å². The van der Waals surface area contributed by atoms with Crippen LogP contribution in [0.5, 0.6) is 0 Å². The molecule has 37 heavy (non-hydrogen) atoms. The number of imidazole rings is 1. The van der Waals surface area contributed by atoms with Gasteiger partial charge in [-0.05, 0) is 30.9 Å². The molecule has 7 nitrogen and oxygen atoms in total. The molecule has 5 rings (SSSR count). The van der Waals surface area contributed by atoms with Gasteiger partial charge in [-0.3, -0.25) is 4.79 Å². The van der Waals surface area contributed by atoms with Gasteiger partial charge in [0.15, 0.2) is 5.69 Å². The van der Waals surface area contributed by atoms with Gasteiger partial charge in [0.1, 0.15) is 5.60 Å².